The Kier molecular flexibility index (Phi) is 6.20. The maximum atomic E-state index is 10.8. The molecule has 6 atom stereocenters. The van der Waals surface area contributed by atoms with Crippen LogP contribution in [-0.4, -0.2) is 47.8 Å². The van der Waals surface area contributed by atoms with Crippen LogP contribution in [0.1, 0.15) is 23.7 Å². The van der Waals surface area contributed by atoms with E-state index in [1.54, 1.807) is 36.4 Å². The fraction of sp³-hybridized carbons (Fsp3) is 0.400. The van der Waals surface area contributed by atoms with Gasteiger partial charge in [0.1, 0.15) is 24.4 Å². The number of aliphatic hydroxyl groups is 2. The van der Waals surface area contributed by atoms with Crippen LogP contribution < -0.4 is 0 Å². The third-order valence-corrected chi connectivity index (χ3v) is 5.56. The summed E-state index contributed by atoms with van der Waals surface area (Å²) in [5.41, 5.74) is 1.23. The highest BCUT2D eigenvalue weighted by Crippen LogP contribution is 2.39. The molecule has 28 heavy (non-hydrogen) atoms. The molecule has 2 aliphatic rings. The van der Waals surface area contributed by atoms with Crippen LogP contribution in [0.25, 0.3) is 0 Å². The van der Waals surface area contributed by atoms with Gasteiger partial charge < -0.3 is 29.2 Å². The SMILES string of the molecule is OC[C@@H]1OC(c2ccccc2Cl)O[C@@H]2COC(c3ccccc3Cl)O[C@H]1[C@@H]2O. The first kappa shape index (κ1) is 20.1. The summed E-state index contributed by atoms with van der Waals surface area (Å²) < 4.78 is 23.8. The predicted molar refractivity (Wildman–Crippen MR) is 102 cm³/mol. The van der Waals surface area contributed by atoms with Gasteiger partial charge in [-0.15, -0.1) is 0 Å². The van der Waals surface area contributed by atoms with Gasteiger partial charge >= 0.3 is 0 Å². The van der Waals surface area contributed by atoms with Crippen LogP contribution in [0.15, 0.2) is 48.5 Å². The van der Waals surface area contributed by atoms with E-state index in [9.17, 15) is 10.2 Å². The van der Waals surface area contributed by atoms with E-state index in [1.165, 1.54) is 0 Å². The summed E-state index contributed by atoms with van der Waals surface area (Å²) in [6, 6.07) is 14.2. The van der Waals surface area contributed by atoms with Crippen LogP contribution in [0, 0.1) is 0 Å². The van der Waals surface area contributed by atoms with Crippen molar-refractivity contribution in [2.45, 2.75) is 37.0 Å². The average Bonchev–Trinajstić information content (AvgIpc) is 2.94. The van der Waals surface area contributed by atoms with Gasteiger partial charge in [0.15, 0.2) is 12.6 Å². The van der Waals surface area contributed by atoms with Crippen molar-refractivity contribution in [1.29, 1.82) is 0 Å². The molecule has 2 aliphatic heterocycles. The van der Waals surface area contributed by atoms with Crippen molar-refractivity contribution in [1.82, 2.24) is 0 Å². The third kappa shape index (κ3) is 3.92. The van der Waals surface area contributed by atoms with Gasteiger partial charge in [0.05, 0.1) is 13.2 Å². The van der Waals surface area contributed by atoms with E-state index < -0.39 is 37.0 Å². The molecule has 6 nitrogen and oxygen atoms in total. The maximum absolute atomic E-state index is 10.8. The summed E-state index contributed by atoms with van der Waals surface area (Å²) in [7, 11) is 0. The normalized spacial score (nSPS) is 33.1. The first-order chi connectivity index (χ1) is 13.6. The van der Waals surface area contributed by atoms with Gasteiger partial charge in [-0.1, -0.05) is 59.6 Å². The van der Waals surface area contributed by atoms with E-state index in [-0.39, 0.29) is 13.2 Å². The lowest BCUT2D eigenvalue weighted by Gasteiger charge is -2.29. The monoisotopic (exact) mass is 426 g/mol. The molecule has 0 amide bonds. The minimum Gasteiger partial charge on any atom is -0.394 e. The number of hydrogen-bond acceptors (Lipinski definition) is 6. The molecule has 0 saturated carbocycles. The number of hydrogen-bond donors (Lipinski definition) is 2. The zero-order valence-corrected chi connectivity index (χ0v) is 16.3. The van der Waals surface area contributed by atoms with Gasteiger partial charge in [-0.05, 0) is 12.1 Å². The van der Waals surface area contributed by atoms with Crippen LogP contribution in [0.3, 0.4) is 0 Å². The summed E-state index contributed by atoms with van der Waals surface area (Å²) in [5.74, 6) is 0. The molecular weight excluding hydrogens is 407 g/mol. The highest BCUT2D eigenvalue weighted by atomic mass is 35.5. The summed E-state index contributed by atoms with van der Waals surface area (Å²) in [5, 5.41) is 21.7. The molecule has 0 spiro atoms. The number of ether oxygens (including phenoxy) is 4. The van der Waals surface area contributed by atoms with Crippen molar-refractivity contribution in [3.05, 3.63) is 69.7 Å². The van der Waals surface area contributed by atoms with Crippen molar-refractivity contribution in [3.8, 4) is 0 Å². The molecule has 2 aromatic rings. The Morgan fingerprint density at radius 2 is 1.46 bits per heavy atom. The Morgan fingerprint density at radius 1 is 0.857 bits per heavy atom. The molecule has 2 aromatic carbocycles. The molecule has 0 aromatic heterocycles. The summed E-state index contributed by atoms with van der Waals surface area (Å²) in [4.78, 5) is 0. The molecule has 2 unspecified atom stereocenters. The largest absolute Gasteiger partial charge is 0.394 e. The van der Waals surface area contributed by atoms with E-state index in [0.717, 1.165) is 0 Å². The van der Waals surface area contributed by atoms with Crippen LogP contribution in [-0.2, 0) is 18.9 Å². The number of benzene rings is 2. The van der Waals surface area contributed by atoms with E-state index in [4.69, 9.17) is 42.1 Å². The highest BCUT2D eigenvalue weighted by Gasteiger charge is 2.46. The topological polar surface area (TPSA) is 77.4 Å². The molecule has 4 rings (SSSR count). The van der Waals surface area contributed by atoms with Crippen LogP contribution >= 0.6 is 23.2 Å². The van der Waals surface area contributed by atoms with Crippen molar-refractivity contribution in [3.63, 3.8) is 0 Å². The number of rotatable bonds is 3. The molecule has 2 fully saturated rings. The zero-order valence-electron chi connectivity index (χ0n) is 14.8. The second-order valence-corrected chi connectivity index (χ2v) is 7.48. The Bertz CT molecular complexity index is 817. The van der Waals surface area contributed by atoms with E-state index in [2.05, 4.69) is 0 Å². The molecule has 150 valence electrons. The van der Waals surface area contributed by atoms with Crippen LogP contribution in [0.5, 0.6) is 0 Å². The predicted octanol–water partition coefficient (Wildman–Crippen LogP) is 3.24. The van der Waals surface area contributed by atoms with Crippen LogP contribution in [0.2, 0.25) is 10.0 Å². The van der Waals surface area contributed by atoms with Crippen molar-refractivity contribution in [2.24, 2.45) is 0 Å². The van der Waals surface area contributed by atoms with E-state index >= 15 is 0 Å². The molecule has 2 bridgehead atoms. The first-order valence-electron chi connectivity index (χ1n) is 8.94. The molecule has 2 saturated heterocycles. The Morgan fingerprint density at radius 3 is 2.07 bits per heavy atom. The summed E-state index contributed by atoms with van der Waals surface area (Å²) in [6.45, 7) is -0.329. The maximum Gasteiger partial charge on any atom is 0.186 e. The summed E-state index contributed by atoms with van der Waals surface area (Å²) in [6.07, 6.45) is -5.25. The Balaban J connectivity index is 1.64. The fourth-order valence-corrected chi connectivity index (χ4v) is 3.85. The van der Waals surface area contributed by atoms with Crippen molar-refractivity contribution in [2.75, 3.05) is 13.2 Å². The molecule has 0 radical (unpaired) electrons. The smallest absolute Gasteiger partial charge is 0.186 e. The second-order valence-electron chi connectivity index (χ2n) is 6.66. The van der Waals surface area contributed by atoms with Crippen molar-refractivity contribution < 1.29 is 29.2 Å². The molecule has 8 heteroatoms. The van der Waals surface area contributed by atoms with E-state index in [1.807, 2.05) is 12.1 Å². The van der Waals surface area contributed by atoms with Crippen LogP contribution in [0.4, 0.5) is 0 Å². The molecular formula is C20H20Cl2O6. The fourth-order valence-electron chi connectivity index (χ4n) is 3.40. The highest BCUT2D eigenvalue weighted by molar-refractivity contribution is 6.31. The standard InChI is InChI=1S/C20H20Cl2O6/c21-13-7-3-1-5-11(13)19-25-10-16-17(24)18(28-19)15(9-23)26-20(27-16)12-6-2-4-8-14(12)22/h1-8,15-20,23-24H,9-10H2/t15-,16+,17+,18+,19?,20?/m0/s1. The van der Waals surface area contributed by atoms with Gasteiger partial charge in [-0.3, -0.25) is 0 Å². The lowest BCUT2D eigenvalue weighted by Crippen LogP contribution is -2.45. The molecule has 0 aliphatic carbocycles. The minimum absolute atomic E-state index is 0.0516. The lowest BCUT2D eigenvalue weighted by atomic mass is 10.0. The summed E-state index contributed by atoms with van der Waals surface area (Å²) >= 11 is 12.5. The van der Waals surface area contributed by atoms with Gasteiger partial charge in [0.2, 0.25) is 0 Å². The number of aliphatic hydroxyl groups excluding tert-OH is 2. The lowest BCUT2D eigenvalue weighted by molar-refractivity contribution is -0.249. The Labute approximate surface area is 172 Å². The van der Waals surface area contributed by atoms with E-state index in [0.29, 0.717) is 21.2 Å². The first-order valence-corrected chi connectivity index (χ1v) is 9.70. The number of fused-ring (bicyclic) bond motifs is 2. The quantitative estimate of drug-likeness (QED) is 0.784. The second kappa shape index (κ2) is 8.65. The molecule has 2 heterocycles. The van der Waals surface area contributed by atoms with Gasteiger partial charge in [0.25, 0.3) is 0 Å². The average molecular weight is 427 g/mol. The van der Waals surface area contributed by atoms with Gasteiger partial charge in [-0.25, -0.2) is 0 Å². The zero-order chi connectivity index (χ0) is 19.7. The van der Waals surface area contributed by atoms with Gasteiger partial charge in [0, 0.05) is 21.2 Å². The third-order valence-electron chi connectivity index (χ3n) is 4.87. The van der Waals surface area contributed by atoms with Gasteiger partial charge in [-0.2, -0.15) is 0 Å². The minimum atomic E-state index is -1.07. The van der Waals surface area contributed by atoms with Crippen molar-refractivity contribution >= 4 is 23.2 Å². The molecule has 2 N–H and O–H groups in total. The Hall–Kier alpha value is -1.22. The number of halogens is 2.